The first-order valence-corrected chi connectivity index (χ1v) is 2.72. The highest BCUT2D eigenvalue weighted by atomic mass is 16.3. The van der Waals surface area contributed by atoms with Crippen LogP contribution in [0.3, 0.4) is 0 Å². The maximum Gasteiger partial charge on any atom is 0.202 e. The first kappa shape index (κ1) is 9.33. The monoisotopic (exact) mass is 152 g/mol. The van der Waals surface area contributed by atoms with Gasteiger partial charge in [-0.25, -0.2) is 5.53 Å². The van der Waals surface area contributed by atoms with E-state index in [0.717, 1.165) is 0 Å². The predicted octanol–water partition coefficient (Wildman–Crippen LogP) is -0.160. The minimum absolute atomic E-state index is 0.184. The third-order valence-corrected chi connectivity index (χ3v) is 0.886. The van der Waals surface area contributed by atoms with E-state index in [0.29, 0.717) is 0 Å². The number of terminal acetylenes is 1. The average molecular weight is 152 g/mol. The zero-order valence-corrected chi connectivity index (χ0v) is 5.73. The Hall–Kier alpha value is -1.67. The number of aliphatic hydroxyl groups is 1. The number of hydrogen-bond donors (Lipinski definition) is 3. The molecule has 0 aliphatic carbocycles. The van der Waals surface area contributed by atoms with Crippen LogP contribution >= 0.6 is 0 Å². The molecule has 0 heterocycles. The lowest BCUT2D eigenvalue weighted by Crippen LogP contribution is -2.16. The first-order valence-electron chi connectivity index (χ1n) is 2.72. The molecule has 0 aromatic heterocycles. The Morgan fingerprint density at radius 2 is 2.45 bits per heavy atom. The van der Waals surface area contributed by atoms with Crippen LogP contribution in [0.4, 0.5) is 0 Å². The first-order chi connectivity index (χ1) is 5.26. The maximum atomic E-state index is 9.03. The molecular weight excluding hydrogens is 144 g/mol. The molecule has 58 valence electrons. The minimum Gasteiger partial charge on any atom is -0.381 e. The Morgan fingerprint density at radius 1 is 1.82 bits per heavy atom. The molecule has 0 bridgehead atoms. The van der Waals surface area contributed by atoms with Crippen molar-refractivity contribution in [2.24, 2.45) is 16.1 Å². The average Bonchev–Trinajstić information content (AvgIpc) is 2.03. The van der Waals surface area contributed by atoms with E-state index in [4.69, 9.17) is 22.9 Å². The highest BCUT2D eigenvalue weighted by Crippen LogP contribution is 1.91. The Labute approximate surface area is 64.1 Å². The van der Waals surface area contributed by atoms with Gasteiger partial charge in [0.05, 0.1) is 0 Å². The number of nitrogens with zero attached hydrogens (tertiary/aromatic N) is 2. The van der Waals surface area contributed by atoms with E-state index in [2.05, 4.69) is 16.1 Å². The van der Waals surface area contributed by atoms with Crippen molar-refractivity contribution in [1.29, 1.82) is 5.53 Å². The van der Waals surface area contributed by atoms with Gasteiger partial charge in [-0.1, -0.05) is 5.92 Å². The van der Waals surface area contributed by atoms with E-state index in [9.17, 15) is 0 Å². The van der Waals surface area contributed by atoms with Crippen molar-refractivity contribution < 1.29 is 5.11 Å². The van der Waals surface area contributed by atoms with E-state index >= 15 is 0 Å². The van der Waals surface area contributed by atoms with Gasteiger partial charge < -0.3 is 10.9 Å². The van der Waals surface area contributed by atoms with Crippen LogP contribution in [0.25, 0.3) is 0 Å². The molecule has 4 N–H and O–H groups in total. The second kappa shape index (κ2) is 5.14. The van der Waals surface area contributed by atoms with Gasteiger partial charge in [0.25, 0.3) is 0 Å². The third-order valence-electron chi connectivity index (χ3n) is 0.886. The molecule has 0 rings (SSSR count). The molecule has 0 aliphatic heterocycles. The molecule has 1 unspecified atom stereocenters. The number of hydrazone groups is 1. The molecule has 0 radical (unpaired) electrons. The predicted molar refractivity (Wildman–Crippen MR) is 40.7 cm³/mol. The minimum atomic E-state index is -1.10. The summed E-state index contributed by atoms with van der Waals surface area (Å²) in [5.41, 5.74) is 6.49. The lowest BCUT2D eigenvalue weighted by molar-refractivity contribution is 0.286. The molecule has 0 saturated heterocycles. The van der Waals surface area contributed by atoms with Gasteiger partial charge in [0.2, 0.25) is 5.84 Å². The van der Waals surface area contributed by atoms with Gasteiger partial charge in [0.1, 0.15) is 6.10 Å². The summed E-state index contributed by atoms with van der Waals surface area (Å²) in [6, 6.07) is 0. The van der Waals surface area contributed by atoms with Gasteiger partial charge in [-0.05, 0) is 12.2 Å². The molecule has 5 nitrogen and oxygen atoms in total. The fourth-order valence-corrected chi connectivity index (χ4v) is 0.404. The summed E-state index contributed by atoms with van der Waals surface area (Å²) in [4.78, 5) is 0. The van der Waals surface area contributed by atoms with Crippen molar-refractivity contribution in [2.75, 3.05) is 0 Å². The Morgan fingerprint density at radius 3 is 2.82 bits per heavy atom. The number of amidine groups is 1. The van der Waals surface area contributed by atoms with Crippen LogP contribution in [0.1, 0.15) is 0 Å². The molecule has 0 saturated carbocycles. The van der Waals surface area contributed by atoms with E-state index in [1.165, 1.54) is 12.2 Å². The van der Waals surface area contributed by atoms with Gasteiger partial charge in [-0.2, -0.15) is 5.10 Å². The summed E-state index contributed by atoms with van der Waals surface area (Å²) < 4.78 is 0. The molecule has 0 fully saturated rings. The molecular formula is C6H8N4O. The van der Waals surface area contributed by atoms with E-state index in [1.54, 1.807) is 0 Å². The van der Waals surface area contributed by atoms with Crippen LogP contribution in [0.5, 0.6) is 0 Å². The van der Waals surface area contributed by atoms with Gasteiger partial charge in [-0.15, -0.1) is 11.5 Å². The quantitative estimate of drug-likeness (QED) is 0.128. The second-order valence-corrected chi connectivity index (χ2v) is 1.57. The lowest BCUT2D eigenvalue weighted by Gasteiger charge is -1.99. The highest BCUT2D eigenvalue weighted by Gasteiger charge is 2.06. The lowest BCUT2D eigenvalue weighted by atomic mass is 10.3. The largest absolute Gasteiger partial charge is 0.381 e. The van der Waals surface area contributed by atoms with Crippen LogP contribution in [-0.4, -0.2) is 17.0 Å². The number of nitrogens with one attached hydrogen (secondary N) is 1. The highest BCUT2D eigenvalue weighted by molar-refractivity contribution is 5.87. The van der Waals surface area contributed by atoms with Gasteiger partial charge in [0.15, 0.2) is 0 Å². The van der Waals surface area contributed by atoms with Crippen LogP contribution in [0, 0.1) is 17.9 Å². The Kier molecular flexibility index (Phi) is 4.36. The molecule has 0 spiro atoms. The number of nitrogens with two attached hydrogens (primary N) is 1. The van der Waals surface area contributed by atoms with Crippen molar-refractivity contribution in [3.05, 3.63) is 12.2 Å². The molecule has 5 heteroatoms. The SMILES string of the molecule is C#C/C=C/C(O)C(N=N)=NN. The fourth-order valence-electron chi connectivity index (χ4n) is 0.404. The van der Waals surface area contributed by atoms with E-state index in [1.807, 2.05) is 0 Å². The molecule has 0 aliphatic rings. The smallest absolute Gasteiger partial charge is 0.202 e. The summed E-state index contributed by atoms with van der Waals surface area (Å²) >= 11 is 0. The third kappa shape index (κ3) is 3.13. The maximum absolute atomic E-state index is 9.03. The van der Waals surface area contributed by atoms with Gasteiger partial charge in [-0.3, -0.25) is 0 Å². The molecule has 1 atom stereocenters. The summed E-state index contributed by atoms with van der Waals surface area (Å²) in [5.74, 6) is 6.76. The molecule has 0 amide bonds. The summed E-state index contributed by atoms with van der Waals surface area (Å²) in [7, 11) is 0. The summed E-state index contributed by atoms with van der Waals surface area (Å²) in [5, 5.41) is 14.9. The van der Waals surface area contributed by atoms with Crippen molar-refractivity contribution >= 4 is 5.84 Å². The van der Waals surface area contributed by atoms with Crippen LogP contribution < -0.4 is 5.84 Å². The van der Waals surface area contributed by atoms with Gasteiger partial charge >= 0.3 is 0 Å². The van der Waals surface area contributed by atoms with Crippen molar-refractivity contribution in [3.8, 4) is 12.3 Å². The van der Waals surface area contributed by atoms with Gasteiger partial charge in [0, 0.05) is 0 Å². The van der Waals surface area contributed by atoms with Crippen molar-refractivity contribution in [1.82, 2.24) is 0 Å². The molecule has 11 heavy (non-hydrogen) atoms. The van der Waals surface area contributed by atoms with Crippen LogP contribution in [0.2, 0.25) is 0 Å². The summed E-state index contributed by atoms with van der Waals surface area (Å²) in [6.45, 7) is 0. The van der Waals surface area contributed by atoms with Crippen molar-refractivity contribution in [3.63, 3.8) is 0 Å². The number of hydrogen-bond acceptors (Lipinski definition) is 4. The normalized spacial score (nSPS) is 14.4. The zero-order chi connectivity index (χ0) is 8.69. The molecule has 0 aromatic carbocycles. The fraction of sp³-hybridized carbons (Fsp3) is 0.167. The second-order valence-electron chi connectivity index (χ2n) is 1.57. The standard InChI is InChI=1S/C6H8N4O/c1-2-3-4-5(11)6(9-7)10-8/h1,3-5,7,11H,8H2/b4-3+,9-7?,10-6?. The molecule has 0 aromatic rings. The zero-order valence-electron chi connectivity index (χ0n) is 5.73. The number of allylic oxidation sites excluding steroid dienone is 1. The Balaban J connectivity index is 4.25. The summed E-state index contributed by atoms with van der Waals surface area (Å²) in [6.07, 6.45) is 6.29. The number of aliphatic hydroxyl groups excluding tert-OH is 1. The van der Waals surface area contributed by atoms with E-state index in [-0.39, 0.29) is 5.84 Å². The number of rotatable bonds is 2. The Bertz CT molecular complexity index is 225. The topological polar surface area (TPSA) is 94.8 Å². The van der Waals surface area contributed by atoms with E-state index < -0.39 is 6.10 Å². The van der Waals surface area contributed by atoms with Crippen molar-refractivity contribution in [2.45, 2.75) is 6.10 Å². The van der Waals surface area contributed by atoms with Crippen LogP contribution in [-0.2, 0) is 0 Å². The van der Waals surface area contributed by atoms with Crippen LogP contribution in [0.15, 0.2) is 22.4 Å².